The van der Waals surface area contributed by atoms with Gasteiger partial charge in [-0.1, -0.05) is 47.1 Å². The lowest BCUT2D eigenvalue weighted by molar-refractivity contribution is -0.139. The molecule has 1 atom stereocenters. The lowest BCUT2D eigenvalue weighted by atomic mass is 10.1. The van der Waals surface area contributed by atoms with Gasteiger partial charge in [-0.3, -0.25) is 13.9 Å². The molecule has 2 aromatic rings. The molecule has 0 aliphatic heterocycles. The number of nitrogens with zero attached hydrogens (tertiary/aromatic N) is 2. The Morgan fingerprint density at radius 3 is 2.00 bits per heavy atom. The van der Waals surface area contributed by atoms with E-state index in [4.69, 9.17) is 0 Å². The third-order valence-corrected chi connectivity index (χ3v) is 6.85. The van der Waals surface area contributed by atoms with Crippen LogP contribution in [0.4, 0.5) is 5.69 Å². The van der Waals surface area contributed by atoms with E-state index in [2.05, 4.69) is 21.2 Å². The quantitative estimate of drug-likeness (QED) is 0.500. The number of nitrogens with one attached hydrogen (secondary N) is 1. The lowest BCUT2D eigenvalue weighted by Gasteiger charge is -2.32. The van der Waals surface area contributed by atoms with Crippen LogP contribution in [0.15, 0.2) is 53.0 Å². The van der Waals surface area contributed by atoms with Gasteiger partial charge in [-0.05, 0) is 62.6 Å². The van der Waals surface area contributed by atoms with Crippen LogP contribution in [0, 0.1) is 0 Å². The fourth-order valence-electron chi connectivity index (χ4n) is 3.29. The van der Waals surface area contributed by atoms with E-state index in [1.807, 2.05) is 57.2 Å². The van der Waals surface area contributed by atoms with Crippen molar-refractivity contribution in [3.63, 3.8) is 0 Å². The maximum absolute atomic E-state index is 13.4. The summed E-state index contributed by atoms with van der Waals surface area (Å²) in [6.45, 7) is 7.12. The van der Waals surface area contributed by atoms with Gasteiger partial charge in [0.1, 0.15) is 12.6 Å². The van der Waals surface area contributed by atoms with E-state index >= 15 is 0 Å². The first-order valence-electron chi connectivity index (χ1n) is 10.8. The van der Waals surface area contributed by atoms with Gasteiger partial charge in [0.05, 0.1) is 11.9 Å². The standard InChI is InChI=1S/C24H32BrN3O4S/c1-6-19-9-13-22(14-10-19)28(33(5,31)32)16-23(29)27(18(4)24(30)26-17(2)3)15-20-7-11-21(25)12-8-20/h7-14,17-18H,6,15-16H2,1-5H3,(H,26,30)/t18-/m1/s1. The zero-order valence-corrected chi connectivity index (χ0v) is 22.1. The minimum atomic E-state index is -3.73. The third kappa shape index (κ3) is 7.85. The molecule has 0 fully saturated rings. The minimum absolute atomic E-state index is 0.0887. The molecule has 7 nitrogen and oxygen atoms in total. The molecular weight excluding hydrogens is 506 g/mol. The molecule has 0 bridgehead atoms. The predicted molar refractivity (Wildman–Crippen MR) is 135 cm³/mol. The smallest absolute Gasteiger partial charge is 0.244 e. The number of sulfonamides is 1. The first-order chi connectivity index (χ1) is 15.4. The Hall–Kier alpha value is -2.39. The molecule has 0 heterocycles. The number of anilines is 1. The highest BCUT2D eigenvalue weighted by molar-refractivity contribution is 9.10. The second kappa shape index (κ2) is 11.7. The summed E-state index contributed by atoms with van der Waals surface area (Å²) in [5.74, 6) is -0.761. The van der Waals surface area contributed by atoms with E-state index in [-0.39, 0.29) is 18.5 Å². The van der Waals surface area contributed by atoms with Crippen LogP contribution in [-0.4, -0.2) is 50.0 Å². The highest BCUT2D eigenvalue weighted by atomic mass is 79.9. The molecule has 0 radical (unpaired) electrons. The number of carbonyl (C=O) groups excluding carboxylic acids is 2. The van der Waals surface area contributed by atoms with Crippen LogP contribution in [0.1, 0.15) is 38.8 Å². The summed E-state index contributed by atoms with van der Waals surface area (Å²) >= 11 is 3.39. The monoisotopic (exact) mass is 537 g/mol. The normalized spacial score (nSPS) is 12.3. The van der Waals surface area contributed by atoms with Crippen molar-refractivity contribution < 1.29 is 18.0 Å². The number of hydrogen-bond acceptors (Lipinski definition) is 4. The summed E-state index contributed by atoms with van der Waals surface area (Å²) in [7, 11) is -3.73. The first-order valence-corrected chi connectivity index (χ1v) is 13.5. The van der Waals surface area contributed by atoms with Gasteiger partial charge in [0, 0.05) is 17.1 Å². The van der Waals surface area contributed by atoms with Gasteiger partial charge in [0.2, 0.25) is 21.8 Å². The summed E-state index contributed by atoms with van der Waals surface area (Å²) in [6, 6.07) is 13.6. The maximum atomic E-state index is 13.4. The number of amides is 2. The molecule has 2 rings (SSSR count). The maximum Gasteiger partial charge on any atom is 0.244 e. The van der Waals surface area contributed by atoms with Crippen molar-refractivity contribution in [1.82, 2.24) is 10.2 Å². The van der Waals surface area contributed by atoms with Crippen molar-refractivity contribution in [3.8, 4) is 0 Å². The molecule has 0 aliphatic carbocycles. The van der Waals surface area contributed by atoms with E-state index in [0.29, 0.717) is 5.69 Å². The average molecular weight is 539 g/mol. The van der Waals surface area contributed by atoms with Crippen LogP contribution in [0.2, 0.25) is 0 Å². The van der Waals surface area contributed by atoms with Gasteiger partial charge in [-0.25, -0.2) is 8.42 Å². The second-order valence-electron chi connectivity index (χ2n) is 8.28. The number of aryl methyl sites for hydroxylation is 1. The Balaban J connectivity index is 2.36. The zero-order chi connectivity index (χ0) is 24.8. The van der Waals surface area contributed by atoms with Gasteiger partial charge >= 0.3 is 0 Å². The number of hydrogen-bond donors (Lipinski definition) is 1. The van der Waals surface area contributed by atoms with Crippen LogP contribution >= 0.6 is 15.9 Å². The van der Waals surface area contributed by atoms with Crippen molar-refractivity contribution in [2.45, 2.75) is 52.7 Å². The summed E-state index contributed by atoms with van der Waals surface area (Å²) < 4.78 is 27.1. The first kappa shape index (κ1) is 26.9. The van der Waals surface area contributed by atoms with Crippen molar-refractivity contribution >= 4 is 43.5 Å². The molecule has 33 heavy (non-hydrogen) atoms. The molecule has 2 aromatic carbocycles. The molecule has 0 aliphatic rings. The largest absolute Gasteiger partial charge is 0.352 e. The number of carbonyl (C=O) groups is 2. The van der Waals surface area contributed by atoms with Gasteiger partial charge in [0.25, 0.3) is 0 Å². The second-order valence-corrected chi connectivity index (χ2v) is 11.1. The van der Waals surface area contributed by atoms with Crippen molar-refractivity contribution in [1.29, 1.82) is 0 Å². The van der Waals surface area contributed by atoms with Gasteiger partial charge in [0.15, 0.2) is 0 Å². The van der Waals surface area contributed by atoms with Gasteiger partial charge < -0.3 is 10.2 Å². The molecule has 0 saturated carbocycles. The Morgan fingerprint density at radius 1 is 0.970 bits per heavy atom. The summed E-state index contributed by atoms with van der Waals surface area (Å²) in [5, 5.41) is 2.83. The highest BCUT2D eigenvalue weighted by Gasteiger charge is 2.30. The molecule has 0 spiro atoms. The van der Waals surface area contributed by atoms with E-state index < -0.39 is 28.5 Å². The molecule has 0 unspecified atom stereocenters. The van der Waals surface area contributed by atoms with Crippen molar-refractivity contribution in [3.05, 3.63) is 64.1 Å². The van der Waals surface area contributed by atoms with Crippen LogP contribution < -0.4 is 9.62 Å². The summed E-state index contributed by atoms with van der Waals surface area (Å²) in [4.78, 5) is 27.6. The number of benzene rings is 2. The molecule has 1 N–H and O–H groups in total. The fourth-order valence-corrected chi connectivity index (χ4v) is 4.40. The van der Waals surface area contributed by atoms with Crippen molar-refractivity contribution in [2.75, 3.05) is 17.1 Å². The van der Waals surface area contributed by atoms with Gasteiger partial charge in [-0.15, -0.1) is 0 Å². The Labute approximate surface area is 205 Å². The van der Waals surface area contributed by atoms with E-state index in [1.54, 1.807) is 19.1 Å². The van der Waals surface area contributed by atoms with Crippen LogP contribution in [0.25, 0.3) is 0 Å². The number of rotatable bonds is 10. The predicted octanol–water partition coefficient (Wildman–Crippen LogP) is 3.72. The fraction of sp³-hybridized carbons (Fsp3) is 0.417. The van der Waals surface area contributed by atoms with Crippen LogP contribution in [-0.2, 0) is 32.6 Å². The van der Waals surface area contributed by atoms with E-state index in [0.717, 1.165) is 32.6 Å². The molecule has 0 saturated heterocycles. The molecule has 2 amide bonds. The third-order valence-electron chi connectivity index (χ3n) is 5.18. The Kier molecular flexibility index (Phi) is 9.48. The van der Waals surface area contributed by atoms with E-state index in [9.17, 15) is 18.0 Å². The zero-order valence-electron chi connectivity index (χ0n) is 19.7. The molecule has 0 aromatic heterocycles. The summed E-state index contributed by atoms with van der Waals surface area (Å²) in [6.07, 6.45) is 1.89. The Bertz CT molecular complexity index is 1050. The van der Waals surface area contributed by atoms with Gasteiger partial charge in [-0.2, -0.15) is 0 Å². The Morgan fingerprint density at radius 2 is 1.52 bits per heavy atom. The van der Waals surface area contributed by atoms with Crippen molar-refractivity contribution in [2.24, 2.45) is 0 Å². The van der Waals surface area contributed by atoms with E-state index in [1.165, 1.54) is 4.90 Å². The minimum Gasteiger partial charge on any atom is -0.352 e. The molecular formula is C24H32BrN3O4S. The average Bonchev–Trinajstić information content (AvgIpc) is 2.75. The SMILES string of the molecule is CCc1ccc(N(CC(=O)N(Cc2ccc(Br)cc2)[C@H](C)C(=O)NC(C)C)S(C)(=O)=O)cc1. The van der Waals surface area contributed by atoms with Crippen LogP contribution in [0.3, 0.4) is 0 Å². The van der Waals surface area contributed by atoms with Crippen LogP contribution in [0.5, 0.6) is 0 Å². The topological polar surface area (TPSA) is 86.8 Å². The lowest BCUT2D eigenvalue weighted by Crippen LogP contribution is -2.52. The molecule has 9 heteroatoms. The molecule has 180 valence electrons. The summed E-state index contributed by atoms with van der Waals surface area (Å²) in [5.41, 5.74) is 2.30. The number of halogens is 1. The highest BCUT2D eigenvalue weighted by Crippen LogP contribution is 2.20.